The Labute approximate surface area is 178 Å². The second kappa shape index (κ2) is 11.8. The van der Waals surface area contributed by atoms with Crippen molar-refractivity contribution in [3.8, 4) is 0 Å². The van der Waals surface area contributed by atoms with Gasteiger partial charge in [-0.2, -0.15) is 5.10 Å². The van der Waals surface area contributed by atoms with Crippen LogP contribution in [-0.4, -0.2) is 115 Å². The van der Waals surface area contributed by atoms with Crippen LogP contribution >= 0.6 is 0 Å². The number of ether oxygens (including phenoxy) is 2. The normalized spacial score (nSPS) is 30.7. The highest BCUT2D eigenvalue weighted by molar-refractivity contribution is 5.65. The molecule has 31 heavy (non-hydrogen) atoms. The molecule has 1 aromatic rings. The Morgan fingerprint density at radius 3 is 2.26 bits per heavy atom. The summed E-state index contributed by atoms with van der Waals surface area (Å²) in [5.41, 5.74) is 4.29. The lowest BCUT2D eigenvalue weighted by atomic mass is 9.99. The van der Waals surface area contributed by atoms with E-state index in [0.29, 0.717) is 5.69 Å². The molecular formula is C19H30N2O10. The summed E-state index contributed by atoms with van der Waals surface area (Å²) in [4.78, 5) is 0. The van der Waals surface area contributed by atoms with Gasteiger partial charge in [0.25, 0.3) is 0 Å². The van der Waals surface area contributed by atoms with E-state index in [0.717, 1.165) is 11.8 Å². The van der Waals surface area contributed by atoms with E-state index >= 15 is 0 Å². The Balaban J connectivity index is 2.17. The van der Waals surface area contributed by atoms with Crippen molar-refractivity contribution in [2.24, 2.45) is 5.10 Å². The van der Waals surface area contributed by atoms with Gasteiger partial charge in [-0.25, -0.2) is 0 Å². The maximum atomic E-state index is 10.4. The molecule has 1 aliphatic heterocycles. The summed E-state index contributed by atoms with van der Waals surface area (Å²) in [5.74, 6) is 0. The number of nitrogens with zero attached hydrogens (tertiary/aromatic N) is 1. The molecule has 0 amide bonds. The molecule has 0 aliphatic carbocycles. The topological polar surface area (TPSA) is 205 Å². The zero-order valence-corrected chi connectivity index (χ0v) is 16.8. The first-order chi connectivity index (χ1) is 14.7. The molecule has 0 unspecified atom stereocenters. The molecule has 0 bridgehead atoms. The zero-order chi connectivity index (χ0) is 23.1. The fourth-order valence-corrected chi connectivity index (χ4v) is 2.88. The summed E-state index contributed by atoms with van der Waals surface area (Å²) in [5, 5.41) is 82.2. The Morgan fingerprint density at radius 2 is 1.68 bits per heavy atom. The second-order valence-corrected chi connectivity index (χ2v) is 7.29. The average Bonchev–Trinajstić information content (AvgIpc) is 2.78. The minimum absolute atomic E-state index is 0.596. The summed E-state index contributed by atoms with van der Waals surface area (Å²) < 4.78 is 10.7. The molecule has 0 spiro atoms. The third-order valence-corrected chi connectivity index (χ3v) is 4.87. The van der Waals surface area contributed by atoms with Gasteiger partial charge in [0.05, 0.1) is 25.1 Å². The number of aliphatic hydroxyl groups excluding tert-OH is 8. The molecule has 176 valence electrons. The number of rotatable bonds is 10. The van der Waals surface area contributed by atoms with Crippen LogP contribution in [-0.2, 0) is 9.47 Å². The van der Waals surface area contributed by atoms with Crippen molar-refractivity contribution in [2.45, 2.75) is 62.0 Å². The van der Waals surface area contributed by atoms with Crippen LogP contribution < -0.4 is 5.43 Å². The molecule has 0 saturated carbocycles. The van der Waals surface area contributed by atoms with E-state index in [-0.39, 0.29) is 0 Å². The fraction of sp³-hybridized carbons (Fsp3) is 0.632. The molecule has 1 aromatic carbocycles. The van der Waals surface area contributed by atoms with Gasteiger partial charge in [-0.05, 0) is 19.1 Å². The molecule has 1 heterocycles. The lowest BCUT2D eigenvalue weighted by Crippen LogP contribution is -2.60. The van der Waals surface area contributed by atoms with Crippen molar-refractivity contribution in [1.29, 1.82) is 0 Å². The van der Waals surface area contributed by atoms with Crippen LogP contribution in [0.15, 0.2) is 29.4 Å². The van der Waals surface area contributed by atoms with Crippen LogP contribution in [0.1, 0.15) is 5.56 Å². The van der Waals surface area contributed by atoms with Crippen molar-refractivity contribution < 1.29 is 50.3 Å². The van der Waals surface area contributed by atoms with Crippen LogP contribution in [0.3, 0.4) is 0 Å². The minimum Gasteiger partial charge on any atom is -0.394 e. The predicted octanol–water partition coefficient (Wildman–Crippen LogP) is -3.35. The van der Waals surface area contributed by atoms with Crippen molar-refractivity contribution in [3.63, 3.8) is 0 Å². The summed E-state index contributed by atoms with van der Waals surface area (Å²) in [6.07, 6.45) is -13.8. The van der Waals surface area contributed by atoms with E-state index in [9.17, 15) is 35.7 Å². The predicted molar refractivity (Wildman–Crippen MR) is 107 cm³/mol. The molecule has 12 heteroatoms. The second-order valence-electron chi connectivity index (χ2n) is 7.29. The maximum absolute atomic E-state index is 10.4. The highest BCUT2D eigenvalue weighted by Gasteiger charge is 2.46. The Hall–Kier alpha value is -1.71. The monoisotopic (exact) mass is 446 g/mol. The van der Waals surface area contributed by atoms with Crippen LogP contribution in [0.2, 0.25) is 0 Å². The molecule has 2 rings (SSSR count). The van der Waals surface area contributed by atoms with Gasteiger partial charge in [0.2, 0.25) is 0 Å². The number of benzene rings is 1. The van der Waals surface area contributed by atoms with Crippen LogP contribution in [0, 0.1) is 6.92 Å². The average molecular weight is 446 g/mol. The summed E-state index contributed by atoms with van der Waals surface area (Å²) >= 11 is 0. The largest absolute Gasteiger partial charge is 0.394 e. The van der Waals surface area contributed by atoms with Gasteiger partial charge in [-0.1, -0.05) is 17.7 Å². The van der Waals surface area contributed by atoms with Gasteiger partial charge in [0.1, 0.15) is 48.8 Å². The number of aliphatic hydroxyl groups is 8. The van der Waals surface area contributed by atoms with Gasteiger partial charge in [-0.15, -0.1) is 0 Å². The van der Waals surface area contributed by atoms with Crippen molar-refractivity contribution >= 4 is 11.9 Å². The van der Waals surface area contributed by atoms with Gasteiger partial charge < -0.3 is 50.3 Å². The fourth-order valence-electron chi connectivity index (χ4n) is 2.88. The van der Waals surface area contributed by atoms with Crippen LogP contribution in [0.4, 0.5) is 5.69 Å². The van der Waals surface area contributed by atoms with Gasteiger partial charge in [0, 0.05) is 0 Å². The number of hydrogen-bond donors (Lipinski definition) is 9. The highest BCUT2D eigenvalue weighted by Crippen LogP contribution is 2.24. The highest BCUT2D eigenvalue weighted by atomic mass is 16.7. The van der Waals surface area contributed by atoms with E-state index in [1.165, 1.54) is 0 Å². The lowest BCUT2D eigenvalue weighted by Gasteiger charge is -2.41. The summed E-state index contributed by atoms with van der Waals surface area (Å²) in [6.45, 7) is 0.373. The summed E-state index contributed by atoms with van der Waals surface area (Å²) in [7, 11) is 0. The van der Waals surface area contributed by atoms with E-state index < -0.39 is 68.3 Å². The maximum Gasteiger partial charge on any atom is 0.187 e. The van der Waals surface area contributed by atoms with Crippen molar-refractivity contribution in [2.75, 3.05) is 18.6 Å². The summed E-state index contributed by atoms with van der Waals surface area (Å²) in [6, 6.07) is 7.13. The number of nitrogens with one attached hydrogen (secondary N) is 1. The van der Waals surface area contributed by atoms with Crippen molar-refractivity contribution in [1.82, 2.24) is 0 Å². The van der Waals surface area contributed by atoms with Gasteiger partial charge >= 0.3 is 0 Å². The molecule has 12 nitrogen and oxygen atoms in total. The quantitative estimate of drug-likeness (QED) is 0.128. The van der Waals surface area contributed by atoms with Crippen molar-refractivity contribution in [3.05, 3.63) is 29.8 Å². The van der Waals surface area contributed by atoms with E-state index in [4.69, 9.17) is 14.6 Å². The molecular weight excluding hydrogens is 416 g/mol. The van der Waals surface area contributed by atoms with Crippen LogP contribution in [0.25, 0.3) is 0 Å². The molecule has 9 N–H and O–H groups in total. The van der Waals surface area contributed by atoms with E-state index in [1.54, 1.807) is 12.1 Å². The smallest absolute Gasteiger partial charge is 0.187 e. The molecule has 0 aromatic heterocycles. The standard InChI is InChI=1S/C19H30N2O10/c1-9-2-4-10(5-3-9)21-20-6-12(15(26)14(25)11(24)7-22)30-19-18(29)17(28)16(27)13(8-23)31-19/h2-6,11-19,21-29H,7-8H2,1H3/b20-6+/t11-,12+,13-,14-,15-,16-,17+,18-,19-/m1/s1. The zero-order valence-electron chi connectivity index (χ0n) is 16.8. The van der Waals surface area contributed by atoms with E-state index in [2.05, 4.69) is 10.5 Å². The number of anilines is 1. The number of hydrogen-bond acceptors (Lipinski definition) is 12. The number of hydrazone groups is 1. The first-order valence-electron chi connectivity index (χ1n) is 9.66. The van der Waals surface area contributed by atoms with Gasteiger partial charge in [0.15, 0.2) is 6.29 Å². The Kier molecular flexibility index (Phi) is 9.71. The first-order valence-corrected chi connectivity index (χ1v) is 9.66. The van der Waals surface area contributed by atoms with Gasteiger partial charge in [-0.3, -0.25) is 5.43 Å². The molecule has 1 saturated heterocycles. The third-order valence-electron chi connectivity index (χ3n) is 4.87. The SMILES string of the molecule is Cc1ccc(N/N=C/[C@H](O[C@@H]2O[C@H](CO)[C@@H](O)[C@H](O)[C@H]2O)[C@@H](O)[C@H](O)[C@H](O)CO)cc1. The number of aryl methyl sites for hydroxylation is 1. The Bertz CT molecular complexity index is 689. The first kappa shape index (κ1) is 25.5. The molecule has 9 atom stereocenters. The van der Waals surface area contributed by atoms with Crippen LogP contribution in [0.5, 0.6) is 0 Å². The molecule has 1 aliphatic rings. The molecule has 1 fully saturated rings. The minimum atomic E-state index is -1.86. The lowest BCUT2D eigenvalue weighted by molar-refractivity contribution is -0.312. The Morgan fingerprint density at radius 1 is 1.03 bits per heavy atom. The van der Waals surface area contributed by atoms with E-state index in [1.807, 2.05) is 19.1 Å². The third kappa shape index (κ3) is 6.63. The molecule has 0 radical (unpaired) electrons.